The standard InChI is InChI=1S/C28H43N3O5S2/c1-5-37-19-24(17-31-38(33,34)20-21(2)3)28(32)36-27(26(29)15-22-10-7-6-8-11-22)18-30-16-23-12-9-13-25(14-23)35-4/h6-14,21,24,26-27,30-31H,5,15-20,29H2,1-4H3/t24-,26?,27?/m1/s1. The first-order chi connectivity index (χ1) is 18.1. The SMILES string of the molecule is CCSC[C@@H](CNS(=O)(=O)CC(C)C)C(=O)OC(CNCc1cccc(OC)c1)C(N)Cc1ccccc1. The molecule has 0 aromatic heterocycles. The van der Waals surface area contributed by atoms with E-state index < -0.39 is 34.1 Å². The third-order valence-corrected chi connectivity index (χ3v) is 8.59. The Morgan fingerprint density at radius 3 is 2.42 bits per heavy atom. The van der Waals surface area contributed by atoms with E-state index in [1.165, 1.54) is 0 Å². The Kier molecular flexibility index (Phi) is 14.2. The molecule has 0 aliphatic rings. The number of benzene rings is 2. The number of nitrogens with two attached hydrogens (primary N) is 1. The maximum atomic E-state index is 13.3. The topological polar surface area (TPSA) is 120 Å². The van der Waals surface area contributed by atoms with Crippen LogP contribution >= 0.6 is 11.8 Å². The fraction of sp³-hybridized carbons (Fsp3) is 0.536. The van der Waals surface area contributed by atoms with Gasteiger partial charge in [-0.1, -0.05) is 63.2 Å². The van der Waals surface area contributed by atoms with E-state index >= 15 is 0 Å². The normalized spacial score (nSPS) is 14.2. The van der Waals surface area contributed by atoms with E-state index in [9.17, 15) is 13.2 Å². The van der Waals surface area contributed by atoms with Gasteiger partial charge in [0.05, 0.1) is 18.8 Å². The predicted octanol–water partition coefficient (Wildman–Crippen LogP) is 3.21. The highest BCUT2D eigenvalue weighted by molar-refractivity contribution is 7.99. The van der Waals surface area contributed by atoms with Crippen LogP contribution in [0, 0.1) is 11.8 Å². The van der Waals surface area contributed by atoms with Crippen molar-refractivity contribution in [1.82, 2.24) is 10.0 Å². The van der Waals surface area contributed by atoms with Crippen LogP contribution in [0.15, 0.2) is 54.6 Å². The molecule has 4 N–H and O–H groups in total. The van der Waals surface area contributed by atoms with Gasteiger partial charge in [-0.05, 0) is 41.4 Å². The van der Waals surface area contributed by atoms with Gasteiger partial charge in [0.1, 0.15) is 11.9 Å². The maximum absolute atomic E-state index is 13.3. The lowest BCUT2D eigenvalue weighted by molar-refractivity contribution is -0.153. The summed E-state index contributed by atoms with van der Waals surface area (Å²) < 4.78 is 38.6. The smallest absolute Gasteiger partial charge is 0.311 e. The fourth-order valence-corrected chi connectivity index (χ4v) is 6.11. The first kappa shape index (κ1) is 32.1. The lowest BCUT2D eigenvalue weighted by atomic mass is 10.0. The number of rotatable bonds is 18. The quantitative estimate of drug-likeness (QED) is 0.236. The van der Waals surface area contributed by atoms with Crippen molar-refractivity contribution in [2.75, 3.05) is 37.5 Å². The van der Waals surface area contributed by atoms with Crippen molar-refractivity contribution in [3.63, 3.8) is 0 Å². The number of hydrogen-bond donors (Lipinski definition) is 3. The highest BCUT2D eigenvalue weighted by Gasteiger charge is 2.28. The lowest BCUT2D eigenvalue weighted by Crippen LogP contribution is -2.47. The van der Waals surface area contributed by atoms with Gasteiger partial charge in [-0.25, -0.2) is 13.1 Å². The van der Waals surface area contributed by atoms with Crippen LogP contribution in [0.3, 0.4) is 0 Å². The molecule has 0 fully saturated rings. The molecule has 0 bridgehead atoms. The fourth-order valence-electron chi connectivity index (χ4n) is 3.88. The summed E-state index contributed by atoms with van der Waals surface area (Å²) in [7, 11) is -1.86. The number of carbonyl (C=O) groups excluding carboxylic acids is 1. The molecule has 0 saturated heterocycles. The molecule has 2 rings (SSSR count). The van der Waals surface area contributed by atoms with Crippen LogP contribution in [0.25, 0.3) is 0 Å². The van der Waals surface area contributed by atoms with Gasteiger partial charge < -0.3 is 20.5 Å². The molecule has 0 aliphatic carbocycles. The second-order valence-electron chi connectivity index (χ2n) is 9.69. The molecule has 0 saturated carbocycles. The molecule has 8 nitrogen and oxygen atoms in total. The molecule has 0 spiro atoms. The number of nitrogens with one attached hydrogen (secondary N) is 2. The van der Waals surface area contributed by atoms with E-state index in [0.717, 1.165) is 22.6 Å². The number of thioether (sulfide) groups is 1. The third-order valence-electron chi connectivity index (χ3n) is 5.83. The number of esters is 1. The molecule has 0 aliphatic heterocycles. The van der Waals surface area contributed by atoms with Gasteiger partial charge in [-0.3, -0.25) is 4.79 Å². The molecular formula is C28H43N3O5S2. The Morgan fingerprint density at radius 1 is 1.05 bits per heavy atom. The van der Waals surface area contributed by atoms with Gasteiger partial charge in [-0.2, -0.15) is 11.8 Å². The average molecular weight is 566 g/mol. The molecular weight excluding hydrogens is 522 g/mol. The van der Waals surface area contributed by atoms with Crippen LogP contribution in [-0.2, 0) is 32.5 Å². The molecule has 0 heterocycles. The Balaban J connectivity index is 2.11. The minimum Gasteiger partial charge on any atom is -0.497 e. The Labute approximate surface area is 232 Å². The highest BCUT2D eigenvalue weighted by Crippen LogP contribution is 2.15. The first-order valence-electron chi connectivity index (χ1n) is 13.0. The summed E-state index contributed by atoms with van der Waals surface area (Å²) in [5.74, 6) is 0.956. The van der Waals surface area contributed by atoms with Gasteiger partial charge in [0.25, 0.3) is 0 Å². The van der Waals surface area contributed by atoms with Gasteiger partial charge in [-0.15, -0.1) is 0 Å². The molecule has 0 amide bonds. The van der Waals surface area contributed by atoms with E-state index in [-0.39, 0.29) is 18.2 Å². The number of hydrogen-bond acceptors (Lipinski definition) is 8. The summed E-state index contributed by atoms with van der Waals surface area (Å²) in [5.41, 5.74) is 8.65. The van der Waals surface area contributed by atoms with Crippen molar-refractivity contribution >= 4 is 27.8 Å². The summed E-state index contributed by atoms with van der Waals surface area (Å²) >= 11 is 1.57. The van der Waals surface area contributed by atoms with Crippen molar-refractivity contribution in [3.8, 4) is 5.75 Å². The molecule has 2 unspecified atom stereocenters. The number of sulfonamides is 1. The van der Waals surface area contributed by atoms with Crippen molar-refractivity contribution < 1.29 is 22.7 Å². The molecule has 38 heavy (non-hydrogen) atoms. The zero-order chi connectivity index (χ0) is 28.0. The molecule has 10 heteroatoms. The highest BCUT2D eigenvalue weighted by atomic mass is 32.2. The summed E-state index contributed by atoms with van der Waals surface area (Å²) in [5, 5.41) is 3.36. The second kappa shape index (κ2) is 16.8. The zero-order valence-corrected chi connectivity index (χ0v) is 24.5. The van der Waals surface area contributed by atoms with E-state index in [1.54, 1.807) is 18.9 Å². The van der Waals surface area contributed by atoms with E-state index in [0.29, 0.717) is 25.3 Å². The van der Waals surface area contributed by atoms with Crippen LogP contribution in [0.1, 0.15) is 31.9 Å². The van der Waals surface area contributed by atoms with Gasteiger partial charge in [0.15, 0.2) is 0 Å². The Morgan fingerprint density at radius 2 is 1.76 bits per heavy atom. The Bertz CT molecular complexity index is 1070. The van der Waals surface area contributed by atoms with E-state index in [1.807, 2.05) is 75.4 Å². The van der Waals surface area contributed by atoms with Gasteiger partial charge >= 0.3 is 5.97 Å². The predicted molar refractivity (Wildman–Crippen MR) is 156 cm³/mol. The summed E-state index contributed by atoms with van der Waals surface area (Å²) in [4.78, 5) is 13.3. The largest absolute Gasteiger partial charge is 0.497 e. The lowest BCUT2D eigenvalue weighted by Gasteiger charge is -2.27. The minimum absolute atomic E-state index is 0.00122. The molecule has 2 aromatic rings. The summed E-state index contributed by atoms with van der Waals surface area (Å²) in [6.45, 7) is 6.58. The Hall–Kier alpha value is -2.11. The molecule has 3 atom stereocenters. The van der Waals surface area contributed by atoms with Gasteiger partial charge in [0.2, 0.25) is 10.0 Å². The first-order valence-corrected chi connectivity index (χ1v) is 15.8. The van der Waals surface area contributed by atoms with Crippen molar-refractivity contribution in [1.29, 1.82) is 0 Å². The number of ether oxygens (including phenoxy) is 2. The van der Waals surface area contributed by atoms with Crippen molar-refractivity contribution in [3.05, 3.63) is 65.7 Å². The van der Waals surface area contributed by atoms with Crippen LogP contribution < -0.4 is 20.5 Å². The number of carbonyl (C=O) groups is 1. The van der Waals surface area contributed by atoms with Crippen molar-refractivity contribution in [2.24, 2.45) is 17.6 Å². The maximum Gasteiger partial charge on any atom is 0.311 e. The second-order valence-corrected chi connectivity index (χ2v) is 12.9. The van der Waals surface area contributed by atoms with E-state index in [4.69, 9.17) is 15.2 Å². The van der Waals surface area contributed by atoms with E-state index in [2.05, 4.69) is 10.0 Å². The summed E-state index contributed by atoms with van der Waals surface area (Å²) in [6.07, 6.45) is -0.0654. The van der Waals surface area contributed by atoms with Gasteiger partial charge in [0, 0.05) is 31.4 Å². The minimum atomic E-state index is -3.48. The zero-order valence-electron chi connectivity index (χ0n) is 22.9. The van der Waals surface area contributed by atoms with Crippen LogP contribution in [-0.4, -0.2) is 64.0 Å². The average Bonchev–Trinajstić information content (AvgIpc) is 2.88. The van der Waals surface area contributed by atoms with Crippen LogP contribution in [0.2, 0.25) is 0 Å². The third kappa shape index (κ3) is 12.2. The molecule has 212 valence electrons. The number of methoxy groups -OCH3 is 1. The van der Waals surface area contributed by atoms with Crippen LogP contribution in [0.4, 0.5) is 0 Å². The van der Waals surface area contributed by atoms with Crippen molar-refractivity contribution in [2.45, 2.75) is 45.9 Å². The molecule has 0 radical (unpaired) electrons. The van der Waals surface area contributed by atoms with Crippen LogP contribution in [0.5, 0.6) is 5.75 Å². The molecule has 2 aromatic carbocycles. The summed E-state index contributed by atoms with van der Waals surface area (Å²) in [6, 6.07) is 17.1. The monoisotopic (exact) mass is 565 g/mol.